The fourth-order valence-corrected chi connectivity index (χ4v) is 6.53. The predicted molar refractivity (Wildman–Crippen MR) is 110 cm³/mol. The van der Waals surface area contributed by atoms with Gasteiger partial charge in [0.15, 0.2) is 6.61 Å². The standard InChI is InChI=1S/C24H28N2O3/c1-15-6-20(19-4-2-3-5-21(19)26-15)23(28)29-13-22(27)25-14-24-10-16-7-17(11-24)9-18(8-16)12-24/h2-6,16-18H,7-14H2,1H3,(H,25,27). The van der Waals surface area contributed by atoms with E-state index in [1.165, 1.54) is 38.5 Å². The zero-order chi connectivity index (χ0) is 20.0. The second-order valence-electron chi connectivity index (χ2n) is 9.60. The van der Waals surface area contributed by atoms with E-state index in [9.17, 15) is 9.59 Å². The highest BCUT2D eigenvalue weighted by Crippen LogP contribution is 2.59. The molecule has 4 bridgehead atoms. The first-order valence-electron chi connectivity index (χ1n) is 10.8. The zero-order valence-electron chi connectivity index (χ0n) is 16.9. The molecule has 4 aliphatic carbocycles. The second-order valence-corrected chi connectivity index (χ2v) is 9.60. The van der Waals surface area contributed by atoms with Gasteiger partial charge in [0.1, 0.15) is 0 Å². The highest BCUT2D eigenvalue weighted by Gasteiger charge is 2.50. The molecule has 0 radical (unpaired) electrons. The minimum Gasteiger partial charge on any atom is -0.452 e. The summed E-state index contributed by atoms with van der Waals surface area (Å²) >= 11 is 0. The Morgan fingerprint density at radius 3 is 2.45 bits per heavy atom. The summed E-state index contributed by atoms with van der Waals surface area (Å²) < 4.78 is 5.35. The summed E-state index contributed by atoms with van der Waals surface area (Å²) in [7, 11) is 0. The SMILES string of the molecule is Cc1cc(C(=O)OCC(=O)NCC23CC4CC(CC(C4)C2)C3)c2ccccc2n1. The summed E-state index contributed by atoms with van der Waals surface area (Å²) in [4.78, 5) is 29.5. The number of pyridine rings is 1. The molecule has 152 valence electrons. The lowest BCUT2D eigenvalue weighted by Gasteiger charge is -2.56. The van der Waals surface area contributed by atoms with Crippen LogP contribution >= 0.6 is 0 Å². The Balaban J connectivity index is 1.19. The molecule has 5 nitrogen and oxygen atoms in total. The molecule has 0 unspecified atom stereocenters. The fraction of sp³-hybridized carbons (Fsp3) is 0.542. The van der Waals surface area contributed by atoms with Gasteiger partial charge in [0, 0.05) is 17.6 Å². The van der Waals surface area contributed by atoms with E-state index in [0.29, 0.717) is 5.56 Å². The molecule has 0 saturated heterocycles. The third-order valence-corrected chi connectivity index (χ3v) is 7.22. The van der Waals surface area contributed by atoms with Crippen LogP contribution in [0.5, 0.6) is 0 Å². The van der Waals surface area contributed by atoms with E-state index in [2.05, 4.69) is 10.3 Å². The summed E-state index contributed by atoms with van der Waals surface area (Å²) in [5, 5.41) is 3.81. The van der Waals surface area contributed by atoms with E-state index in [4.69, 9.17) is 4.74 Å². The van der Waals surface area contributed by atoms with Crippen molar-refractivity contribution in [3.05, 3.63) is 41.6 Å². The van der Waals surface area contributed by atoms with Gasteiger partial charge >= 0.3 is 5.97 Å². The van der Waals surface area contributed by atoms with Gasteiger partial charge in [0.05, 0.1) is 11.1 Å². The number of benzene rings is 1. The molecule has 1 aromatic carbocycles. The molecule has 1 heterocycles. The Kier molecular flexibility index (Phi) is 4.56. The Morgan fingerprint density at radius 2 is 1.76 bits per heavy atom. The lowest BCUT2D eigenvalue weighted by atomic mass is 9.49. The molecule has 1 aromatic heterocycles. The average molecular weight is 392 g/mol. The van der Waals surface area contributed by atoms with Gasteiger partial charge in [-0.15, -0.1) is 0 Å². The number of aryl methyl sites for hydroxylation is 1. The lowest BCUT2D eigenvalue weighted by molar-refractivity contribution is -0.126. The minimum atomic E-state index is -0.475. The van der Waals surface area contributed by atoms with Crippen molar-refractivity contribution in [2.45, 2.75) is 45.4 Å². The van der Waals surface area contributed by atoms with Crippen molar-refractivity contribution in [3.63, 3.8) is 0 Å². The highest BCUT2D eigenvalue weighted by molar-refractivity contribution is 6.04. The van der Waals surface area contributed by atoms with E-state index in [1.54, 1.807) is 6.07 Å². The van der Waals surface area contributed by atoms with Crippen molar-refractivity contribution >= 4 is 22.8 Å². The summed E-state index contributed by atoms with van der Waals surface area (Å²) in [6.07, 6.45) is 7.93. The molecular formula is C24H28N2O3. The van der Waals surface area contributed by atoms with Crippen molar-refractivity contribution in [2.75, 3.05) is 13.2 Å². The number of carbonyl (C=O) groups is 2. The van der Waals surface area contributed by atoms with E-state index in [0.717, 1.165) is 40.9 Å². The van der Waals surface area contributed by atoms with Gasteiger partial charge in [-0.05, 0) is 80.8 Å². The average Bonchev–Trinajstić information content (AvgIpc) is 2.69. The molecule has 4 aliphatic rings. The number of carbonyl (C=O) groups excluding carboxylic acids is 2. The van der Waals surface area contributed by atoms with Gasteiger partial charge in [-0.2, -0.15) is 0 Å². The highest BCUT2D eigenvalue weighted by atomic mass is 16.5. The van der Waals surface area contributed by atoms with Crippen LogP contribution < -0.4 is 5.32 Å². The molecule has 0 atom stereocenters. The van der Waals surface area contributed by atoms with Crippen LogP contribution in [0.25, 0.3) is 10.9 Å². The number of aromatic nitrogens is 1. The van der Waals surface area contributed by atoms with E-state index >= 15 is 0 Å². The second kappa shape index (κ2) is 7.12. The van der Waals surface area contributed by atoms with Gasteiger partial charge in [0.2, 0.25) is 0 Å². The van der Waals surface area contributed by atoms with Crippen LogP contribution in [-0.2, 0) is 9.53 Å². The van der Waals surface area contributed by atoms with Crippen LogP contribution in [-0.4, -0.2) is 30.0 Å². The number of ether oxygens (including phenoxy) is 1. The van der Waals surface area contributed by atoms with E-state index in [1.807, 2.05) is 31.2 Å². The number of hydrogen-bond donors (Lipinski definition) is 1. The maximum Gasteiger partial charge on any atom is 0.339 e. The maximum absolute atomic E-state index is 12.6. The Morgan fingerprint density at radius 1 is 1.10 bits per heavy atom. The Bertz CT molecular complexity index is 932. The van der Waals surface area contributed by atoms with Gasteiger partial charge in [-0.3, -0.25) is 9.78 Å². The molecule has 0 spiro atoms. The fourth-order valence-electron chi connectivity index (χ4n) is 6.53. The first-order valence-corrected chi connectivity index (χ1v) is 10.8. The molecule has 1 amide bonds. The van der Waals surface area contributed by atoms with Crippen LogP contribution in [0.3, 0.4) is 0 Å². The Labute approximate surface area is 171 Å². The molecule has 29 heavy (non-hydrogen) atoms. The molecule has 6 rings (SSSR count). The molecule has 0 aliphatic heterocycles. The number of hydrogen-bond acceptors (Lipinski definition) is 4. The van der Waals surface area contributed by atoms with Crippen molar-refractivity contribution in [1.82, 2.24) is 10.3 Å². The third kappa shape index (κ3) is 3.63. The molecule has 1 N–H and O–H groups in total. The number of rotatable bonds is 5. The number of nitrogens with one attached hydrogen (secondary N) is 1. The number of amides is 1. The van der Waals surface area contributed by atoms with Crippen LogP contribution in [0.2, 0.25) is 0 Å². The molecular weight excluding hydrogens is 364 g/mol. The van der Waals surface area contributed by atoms with Crippen LogP contribution in [0, 0.1) is 30.1 Å². The quantitative estimate of drug-likeness (QED) is 0.780. The van der Waals surface area contributed by atoms with Gasteiger partial charge in [-0.1, -0.05) is 18.2 Å². The topological polar surface area (TPSA) is 68.3 Å². The normalized spacial score (nSPS) is 29.8. The van der Waals surface area contributed by atoms with Crippen molar-refractivity contribution in [2.24, 2.45) is 23.2 Å². The van der Waals surface area contributed by atoms with Crippen molar-refractivity contribution in [3.8, 4) is 0 Å². The lowest BCUT2D eigenvalue weighted by Crippen LogP contribution is -2.51. The maximum atomic E-state index is 12.6. The first kappa shape index (κ1) is 18.6. The van der Waals surface area contributed by atoms with Crippen LogP contribution in [0.4, 0.5) is 0 Å². The molecule has 4 saturated carbocycles. The number of nitrogens with zero attached hydrogens (tertiary/aromatic N) is 1. The van der Waals surface area contributed by atoms with Crippen molar-refractivity contribution < 1.29 is 14.3 Å². The number of esters is 1. The van der Waals surface area contributed by atoms with Crippen molar-refractivity contribution in [1.29, 1.82) is 0 Å². The summed E-state index contributed by atoms with van der Waals surface area (Å²) in [5.74, 6) is 1.90. The van der Waals surface area contributed by atoms with E-state index < -0.39 is 5.97 Å². The zero-order valence-corrected chi connectivity index (χ0v) is 16.9. The van der Waals surface area contributed by atoms with Crippen LogP contribution in [0.15, 0.2) is 30.3 Å². The molecule has 5 heteroatoms. The smallest absolute Gasteiger partial charge is 0.339 e. The predicted octanol–water partition coefficient (Wildman–Crippen LogP) is 4.03. The third-order valence-electron chi connectivity index (χ3n) is 7.22. The molecule has 2 aromatic rings. The summed E-state index contributed by atoms with van der Waals surface area (Å²) in [6.45, 7) is 2.34. The van der Waals surface area contributed by atoms with Crippen LogP contribution in [0.1, 0.15) is 54.6 Å². The summed E-state index contributed by atoms with van der Waals surface area (Å²) in [6, 6.07) is 9.21. The molecule has 4 fully saturated rings. The number of fused-ring (bicyclic) bond motifs is 1. The van der Waals surface area contributed by atoms with E-state index in [-0.39, 0.29) is 17.9 Å². The number of para-hydroxylation sites is 1. The van der Waals surface area contributed by atoms with Gasteiger partial charge in [0.25, 0.3) is 5.91 Å². The van der Waals surface area contributed by atoms with Gasteiger partial charge in [-0.25, -0.2) is 4.79 Å². The first-order chi connectivity index (χ1) is 14.0. The largest absolute Gasteiger partial charge is 0.452 e. The van der Waals surface area contributed by atoms with Gasteiger partial charge < -0.3 is 10.1 Å². The monoisotopic (exact) mass is 392 g/mol. The Hall–Kier alpha value is -2.43. The summed E-state index contributed by atoms with van der Waals surface area (Å²) in [5.41, 5.74) is 2.25. The minimum absolute atomic E-state index is 0.204.